The number of fused-ring (bicyclic) bond motifs is 1. The minimum absolute atomic E-state index is 0.0753. The predicted octanol–water partition coefficient (Wildman–Crippen LogP) is 5.02. The van der Waals surface area contributed by atoms with Crippen LogP contribution in [0.1, 0.15) is 5.69 Å². The number of phenolic OH excluding ortho intramolecular Hbond substituents is 1. The summed E-state index contributed by atoms with van der Waals surface area (Å²) in [5, 5.41) is 18.4. The normalized spacial score (nSPS) is 11.5. The number of imidazole rings is 1. The van der Waals surface area contributed by atoms with Gasteiger partial charge in [0.25, 0.3) is 0 Å². The lowest BCUT2D eigenvalue weighted by Crippen LogP contribution is -1.89. The highest BCUT2D eigenvalue weighted by Gasteiger charge is 2.17. The van der Waals surface area contributed by atoms with Gasteiger partial charge in [0.15, 0.2) is 17.3 Å². The van der Waals surface area contributed by atoms with Gasteiger partial charge in [0.2, 0.25) is 0 Å². The number of rotatable bonds is 3. The van der Waals surface area contributed by atoms with E-state index in [-0.39, 0.29) is 5.75 Å². The lowest BCUT2D eigenvalue weighted by atomic mass is 10.3. The molecule has 0 aliphatic heterocycles. The van der Waals surface area contributed by atoms with Crippen molar-refractivity contribution in [3.05, 3.63) is 66.6 Å². The average molecular weight is 318 g/mol. The molecule has 118 valence electrons. The highest BCUT2D eigenvalue weighted by Crippen LogP contribution is 2.34. The SMILES string of the molecule is Cc1cccc2nc(-c3ccco3)c(N=Nc3ccccc3O)n12. The fourth-order valence-corrected chi connectivity index (χ4v) is 2.56. The Hall–Kier alpha value is -3.41. The van der Waals surface area contributed by atoms with Crippen LogP contribution in [0.25, 0.3) is 17.1 Å². The highest BCUT2D eigenvalue weighted by atomic mass is 16.3. The molecule has 0 radical (unpaired) electrons. The summed E-state index contributed by atoms with van der Waals surface area (Å²) in [6.07, 6.45) is 1.59. The van der Waals surface area contributed by atoms with Gasteiger partial charge >= 0.3 is 0 Å². The number of aromatic hydroxyl groups is 1. The summed E-state index contributed by atoms with van der Waals surface area (Å²) in [4.78, 5) is 4.60. The van der Waals surface area contributed by atoms with E-state index in [9.17, 15) is 5.11 Å². The van der Waals surface area contributed by atoms with Gasteiger partial charge in [-0.1, -0.05) is 18.2 Å². The molecule has 0 bridgehead atoms. The van der Waals surface area contributed by atoms with Crippen LogP contribution in [-0.2, 0) is 0 Å². The van der Waals surface area contributed by atoms with E-state index in [0.717, 1.165) is 11.3 Å². The van der Waals surface area contributed by atoms with Gasteiger partial charge in [0.1, 0.15) is 17.1 Å². The lowest BCUT2D eigenvalue weighted by Gasteiger charge is -2.01. The molecule has 0 spiro atoms. The molecule has 3 heterocycles. The van der Waals surface area contributed by atoms with Gasteiger partial charge in [-0.15, -0.1) is 10.2 Å². The van der Waals surface area contributed by atoms with Gasteiger partial charge in [-0.3, -0.25) is 4.40 Å². The molecule has 4 aromatic rings. The van der Waals surface area contributed by atoms with Crippen molar-refractivity contribution in [2.45, 2.75) is 6.92 Å². The van der Waals surface area contributed by atoms with E-state index in [1.807, 2.05) is 35.6 Å². The second-order valence-electron chi connectivity index (χ2n) is 5.31. The molecule has 3 aromatic heterocycles. The van der Waals surface area contributed by atoms with Gasteiger partial charge in [0.05, 0.1) is 6.26 Å². The standard InChI is InChI=1S/C18H14N4O2/c1-12-6-4-10-16-19-17(15-9-5-11-24-15)18(22(12)16)21-20-13-7-2-3-8-14(13)23/h2-11,23H,1H3. The molecule has 0 aliphatic carbocycles. The number of phenols is 1. The molecule has 1 N–H and O–H groups in total. The fourth-order valence-electron chi connectivity index (χ4n) is 2.56. The first-order valence-electron chi connectivity index (χ1n) is 7.46. The number of benzene rings is 1. The van der Waals surface area contributed by atoms with Crippen molar-refractivity contribution >= 4 is 17.2 Å². The minimum Gasteiger partial charge on any atom is -0.506 e. The van der Waals surface area contributed by atoms with Crippen molar-refractivity contribution < 1.29 is 9.52 Å². The molecule has 0 atom stereocenters. The van der Waals surface area contributed by atoms with Crippen molar-refractivity contribution in [2.75, 3.05) is 0 Å². The van der Waals surface area contributed by atoms with E-state index in [0.29, 0.717) is 23.0 Å². The predicted molar refractivity (Wildman–Crippen MR) is 89.9 cm³/mol. The Labute approximate surface area is 137 Å². The molecule has 0 fully saturated rings. The number of nitrogens with zero attached hydrogens (tertiary/aromatic N) is 4. The largest absolute Gasteiger partial charge is 0.506 e. The number of pyridine rings is 1. The van der Waals surface area contributed by atoms with Crippen LogP contribution in [0.4, 0.5) is 11.5 Å². The Balaban J connectivity index is 1.93. The van der Waals surface area contributed by atoms with Crippen LogP contribution < -0.4 is 0 Å². The van der Waals surface area contributed by atoms with Crippen molar-refractivity contribution in [1.29, 1.82) is 0 Å². The molecule has 6 heteroatoms. The summed E-state index contributed by atoms with van der Waals surface area (Å²) in [7, 11) is 0. The van der Waals surface area contributed by atoms with Crippen LogP contribution in [0.3, 0.4) is 0 Å². The molecule has 0 saturated heterocycles. The smallest absolute Gasteiger partial charge is 0.191 e. The maximum Gasteiger partial charge on any atom is 0.191 e. The van der Waals surface area contributed by atoms with Gasteiger partial charge < -0.3 is 9.52 Å². The summed E-state index contributed by atoms with van der Waals surface area (Å²) in [6, 6.07) is 16.2. The Kier molecular flexibility index (Phi) is 3.35. The first-order chi connectivity index (χ1) is 11.7. The van der Waals surface area contributed by atoms with Crippen LogP contribution >= 0.6 is 0 Å². The zero-order valence-electron chi connectivity index (χ0n) is 12.9. The van der Waals surface area contributed by atoms with Crippen LogP contribution in [-0.4, -0.2) is 14.5 Å². The number of hydrogen-bond acceptors (Lipinski definition) is 5. The third kappa shape index (κ3) is 2.34. The second kappa shape index (κ2) is 5.66. The number of azo groups is 1. The van der Waals surface area contributed by atoms with E-state index in [1.165, 1.54) is 0 Å². The molecular weight excluding hydrogens is 304 g/mol. The minimum atomic E-state index is 0.0753. The van der Waals surface area contributed by atoms with Gasteiger partial charge in [-0.05, 0) is 43.3 Å². The molecule has 24 heavy (non-hydrogen) atoms. The molecule has 0 aliphatic rings. The molecule has 4 rings (SSSR count). The Morgan fingerprint density at radius 2 is 1.88 bits per heavy atom. The lowest BCUT2D eigenvalue weighted by molar-refractivity contribution is 0.476. The monoisotopic (exact) mass is 318 g/mol. The van der Waals surface area contributed by atoms with Crippen molar-refractivity contribution in [1.82, 2.24) is 9.38 Å². The third-order valence-corrected chi connectivity index (χ3v) is 3.70. The summed E-state index contributed by atoms with van der Waals surface area (Å²) in [6.45, 7) is 1.97. The topological polar surface area (TPSA) is 75.4 Å². The maximum atomic E-state index is 9.87. The summed E-state index contributed by atoms with van der Waals surface area (Å²) in [5.74, 6) is 1.25. The number of para-hydroxylation sites is 1. The van der Waals surface area contributed by atoms with Crippen LogP contribution in [0.15, 0.2) is 75.5 Å². The molecule has 6 nitrogen and oxygen atoms in total. The Morgan fingerprint density at radius 3 is 2.67 bits per heavy atom. The maximum absolute atomic E-state index is 9.87. The van der Waals surface area contributed by atoms with Gasteiger partial charge in [0, 0.05) is 5.69 Å². The zero-order chi connectivity index (χ0) is 16.5. The van der Waals surface area contributed by atoms with Crippen molar-refractivity contribution in [2.24, 2.45) is 10.2 Å². The molecule has 0 unspecified atom stereocenters. The van der Waals surface area contributed by atoms with Crippen LogP contribution in [0.2, 0.25) is 0 Å². The van der Waals surface area contributed by atoms with E-state index in [2.05, 4.69) is 15.2 Å². The summed E-state index contributed by atoms with van der Waals surface area (Å²) < 4.78 is 7.38. The number of aromatic nitrogens is 2. The first kappa shape index (κ1) is 14.2. The first-order valence-corrected chi connectivity index (χ1v) is 7.46. The van der Waals surface area contributed by atoms with Crippen LogP contribution in [0.5, 0.6) is 5.75 Å². The molecular formula is C18H14N4O2. The van der Waals surface area contributed by atoms with Crippen molar-refractivity contribution in [3.63, 3.8) is 0 Å². The number of hydrogen-bond donors (Lipinski definition) is 1. The van der Waals surface area contributed by atoms with E-state index < -0.39 is 0 Å². The Bertz CT molecular complexity index is 1030. The number of furan rings is 1. The van der Waals surface area contributed by atoms with Gasteiger partial charge in [-0.2, -0.15) is 0 Å². The fraction of sp³-hybridized carbons (Fsp3) is 0.0556. The molecule has 0 saturated carbocycles. The summed E-state index contributed by atoms with van der Waals surface area (Å²) >= 11 is 0. The van der Waals surface area contributed by atoms with Crippen molar-refractivity contribution in [3.8, 4) is 17.2 Å². The van der Waals surface area contributed by atoms with E-state index >= 15 is 0 Å². The zero-order valence-corrected chi connectivity index (χ0v) is 12.9. The summed E-state index contributed by atoms with van der Waals surface area (Å²) in [5.41, 5.74) is 2.73. The van der Waals surface area contributed by atoms with E-state index in [4.69, 9.17) is 4.42 Å². The van der Waals surface area contributed by atoms with Crippen LogP contribution in [0, 0.1) is 6.92 Å². The van der Waals surface area contributed by atoms with Gasteiger partial charge in [-0.25, -0.2) is 4.98 Å². The Morgan fingerprint density at radius 1 is 1.00 bits per heavy atom. The second-order valence-corrected chi connectivity index (χ2v) is 5.31. The molecule has 1 aromatic carbocycles. The van der Waals surface area contributed by atoms with E-state index in [1.54, 1.807) is 36.6 Å². The highest BCUT2D eigenvalue weighted by molar-refractivity contribution is 5.71. The number of aryl methyl sites for hydroxylation is 1. The quantitative estimate of drug-likeness (QED) is 0.539. The average Bonchev–Trinajstić information content (AvgIpc) is 3.22. The molecule has 0 amide bonds. The third-order valence-electron chi connectivity index (χ3n) is 3.70.